The van der Waals surface area contributed by atoms with E-state index in [0.29, 0.717) is 23.5 Å². The van der Waals surface area contributed by atoms with E-state index in [0.717, 1.165) is 21.3 Å². The third kappa shape index (κ3) is 4.75. The Morgan fingerprint density at radius 1 is 1.11 bits per heavy atom. The lowest BCUT2D eigenvalue weighted by atomic mass is 10.0. The molecule has 1 N–H and O–H groups in total. The molecule has 0 saturated carbocycles. The van der Waals surface area contributed by atoms with Crippen molar-refractivity contribution in [1.82, 2.24) is 24.0 Å². The highest BCUT2D eigenvalue weighted by Gasteiger charge is 2.21. The number of rotatable bonds is 8. The number of methoxy groups -OCH3 is 1. The number of carbonyl (C=O) groups is 1. The lowest BCUT2D eigenvalue weighted by Gasteiger charge is -2.18. The zero-order chi connectivity index (χ0) is 25.1. The Balaban J connectivity index is 1.71. The summed E-state index contributed by atoms with van der Waals surface area (Å²) >= 11 is 0. The van der Waals surface area contributed by atoms with Gasteiger partial charge in [0.1, 0.15) is 12.3 Å². The molecule has 0 aliphatic rings. The molecule has 182 valence electrons. The first kappa shape index (κ1) is 24.0. The highest BCUT2D eigenvalue weighted by atomic mass is 16.5. The molecule has 0 radical (unpaired) electrons. The number of hydrogen-bond donors (Lipinski definition) is 1. The van der Waals surface area contributed by atoms with Crippen LogP contribution in [0.2, 0.25) is 0 Å². The van der Waals surface area contributed by atoms with E-state index in [9.17, 15) is 14.4 Å². The standard InChI is InChI=1S/C26H29N5O4/c1-5-29-16-27-24-23(29)25(33)31(26(34)30(24)14-19-9-7-6-8-10-19)15-22(32)28-18(3)20-13-17(2)11-12-21(20)35-4/h6-13,16,18H,5,14-15H2,1-4H3,(H,28,32). The number of nitrogens with zero attached hydrogens (tertiary/aromatic N) is 4. The first-order valence-corrected chi connectivity index (χ1v) is 11.5. The molecule has 9 nitrogen and oxygen atoms in total. The summed E-state index contributed by atoms with van der Waals surface area (Å²) < 4.78 is 9.54. The minimum absolute atomic E-state index is 0.232. The average molecular weight is 476 g/mol. The monoisotopic (exact) mass is 475 g/mol. The van der Waals surface area contributed by atoms with Gasteiger partial charge in [0.2, 0.25) is 5.91 Å². The summed E-state index contributed by atoms with van der Waals surface area (Å²) in [6, 6.07) is 14.8. The molecule has 9 heteroatoms. The minimum atomic E-state index is -0.580. The Bertz CT molecular complexity index is 1480. The van der Waals surface area contributed by atoms with E-state index < -0.39 is 23.7 Å². The van der Waals surface area contributed by atoms with Crippen LogP contribution in [-0.4, -0.2) is 31.7 Å². The van der Waals surface area contributed by atoms with E-state index in [4.69, 9.17) is 4.74 Å². The molecular weight excluding hydrogens is 446 g/mol. The lowest BCUT2D eigenvalue weighted by molar-refractivity contribution is -0.122. The van der Waals surface area contributed by atoms with Gasteiger partial charge < -0.3 is 14.6 Å². The van der Waals surface area contributed by atoms with E-state index in [1.807, 2.05) is 69.3 Å². The number of fused-ring (bicyclic) bond motifs is 1. The molecule has 2 aromatic carbocycles. The number of aromatic nitrogens is 4. The fraction of sp³-hybridized carbons (Fsp3) is 0.308. The SMILES string of the molecule is CCn1cnc2c1c(=O)n(CC(=O)NC(C)c1cc(C)ccc1OC)c(=O)n2Cc1ccccc1. The average Bonchev–Trinajstić information content (AvgIpc) is 3.29. The van der Waals surface area contributed by atoms with Crippen molar-refractivity contribution in [2.45, 2.75) is 46.4 Å². The normalized spacial score (nSPS) is 12.0. The van der Waals surface area contributed by atoms with Crippen LogP contribution in [0.3, 0.4) is 0 Å². The molecule has 0 aliphatic heterocycles. The minimum Gasteiger partial charge on any atom is -0.496 e. The maximum Gasteiger partial charge on any atom is 0.333 e. The summed E-state index contributed by atoms with van der Waals surface area (Å²) in [5.41, 5.74) is 2.21. The fourth-order valence-corrected chi connectivity index (χ4v) is 4.23. The molecule has 0 saturated heterocycles. The molecule has 35 heavy (non-hydrogen) atoms. The molecule has 1 unspecified atom stereocenters. The highest BCUT2D eigenvalue weighted by Crippen LogP contribution is 2.26. The van der Waals surface area contributed by atoms with E-state index in [-0.39, 0.29) is 12.6 Å². The van der Waals surface area contributed by atoms with Crippen LogP contribution in [0.4, 0.5) is 0 Å². The van der Waals surface area contributed by atoms with Crippen LogP contribution in [0.1, 0.15) is 36.6 Å². The van der Waals surface area contributed by atoms with Gasteiger partial charge in [-0.15, -0.1) is 0 Å². The number of carbonyl (C=O) groups excluding carboxylic acids is 1. The van der Waals surface area contributed by atoms with Gasteiger partial charge in [-0.1, -0.05) is 48.0 Å². The highest BCUT2D eigenvalue weighted by molar-refractivity contribution is 5.77. The number of aryl methyl sites for hydroxylation is 2. The van der Waals surface area contributed by atoms with E-state index in [1.54, 1.807) is 18.0 Å². The largest absolute Gasteiger partial charge is 0.496 e. The summed E-state index contributed by atoms with van der Waals surface area (Å²) in [4.78, 5) is 44.1. The van der Waals surface area contributed by atoms with Gasteiger partial charge in [0.25, 0.3) is 5.56 Å². The zero-order valence-electron chi connectivity index (χ0n) is 20.3. The molecule has 0 fully saturated rings. The second kappa shape index (κ2) is 10.0. The molecule has 1 atom stereocenters. The summed E-state index contributed by atoms with van der Waals surface area (Å²) in [5, 5.41) is 2.89. The van der Waals surface area contributed by atoms with Crippen LogP contribution in [0.25, 0.3) is 11.2 Å². The topological polar surface area (TPSA) is 100 Å². The number of ether oxygens (including phenoxy) is 1. The van der Waals surface area contributed by atoms with Crippen molar-refractivity contribution in [3.63, 3.8) is 0 Å². The van der Waals surface area contributed by atoms with Crippen molar-refractivity contribution in [2.24, 2.45) is 0 Å². The van der Waals surface area contributed by atoms with Crippen molar-refractivity contribution >= 4 is 17.1 Å². The summed E-state index contributed by atoms with van der Waals surface area (Å²) in [7, 11) is 1.57. The Labute approximate surface area is 202 Å². The number of nitrogens with one attached hydrogen (secondary N) is 1. The molecule has 1 amide bonds. The lowest BCUT2D eigenvalue weighted by Crippen LogP contribution is -2.44. The van der Waals surface area contributed by atoms with Crippen molar-refractivity contribution in [1.29, 1.82) is 0 Å². The maximum atomic E-state index is 13.4. The predicted octanol–water partition coefficient (Wildman–Crippen LogP) is 2.62. The smallest absolute Gasteiger partial charge is 0.333 e. The maximum absolute atomic E-state index is 13.4. The van der Waals surface area contributed by atoms with Gasteiger partial charge in [-0.05, 0) is 32.4 Å². The number of benzene rings is 2. The van der Waals surface area contributed by atoms with Crippen LogP contribution in [0.15, 0.2) is 64.4 Å². The van der Waals surface area contributed by atoms with Crippen molar-refractivity contribution in [2.75, 3.05) is 7.11 Å². The van der Waals surface area contributed by atoms with Gasteiger partial charge >= 0.3 is 5.69 Å². The summed E-state index contributed by atoms with van der Waals surface area (Å²) in [6.07, 6.45) is 1.55. The second-order valence-electron chi connectivity index (χ2n) is 8.48. The predicted molar refractivity (Wildman–Crippen MR) is 134 cm³/mol. The fourth-order valence-electron chi connectivity index (χ4n) is 4.23. The van der Waals surface area contributed by atoms with Crippen LogP contribution in [-0.2, 0) is 24.4 Å². The van der Waals surface area contributed by atoms with Gasteiger partial charge in [0, 0.05) is 12.1 Å². The molecule has 2 aromatic heterocycles. The molecule has 0 aliphatic carbocycles. The van der Waals surface area contributed by atoms with Crippen LogP contribution in [0.5, 0.6) is 5.75 Å². The van der Waals surface area contributed by atoms with E-state index >= 15 is 0 Å². The van der Waals surface area contributed by atoms with E-state index in [1.165, 1.54) is 4.57 Å². The van der Waals surface area contributed by atoms with Gasteiger partial charge in [-0.2, -0.15) is 0 Å². The van der Waals surface area contributed by atoms with Gasteiger partial charge in [-0.3, -0.25) is 14.2 Å². The van der Waals surface area contributed by atoms with Gasteiger partial charge in [0.15, 0.2) is 11.2 Å². The van der Waals surface area contributed by atoms with Crippen molar-refractivity contribution in [3.05, 3.63) is 92.4 Å². The molecule has 2 heterocycles. The second-order valence-corrected chi connectivity index (χ2v) is 8.48. The number of hydrogen-bond acceptors (Lipinski definition) is 5. The number of imidazole rings is 1. The third-order valence-corrected chi connectivity index (χ3v) is 6.04. The Kier molecular flexibility index (Phi) is 6.86. The number of amides is 1. The van der Waals surface area contributed by atoms with Crippen LogP contribution < -0.4 is 21.3 Å². The van der Waals surface area contributed by atoms with Crippen molar-refractivity contribution in [3.8, 4) is 5.75 Å². The van der Waals surface area contributed by atoms with E-state index in [2.05, 4.69) is 10.3 Å². The molecule has 4 aromatic rings. The molecule has 0 spiro atoms. The first-order valence-electron chi connectivity index (χ1n) is 11.5. The van der Waals surface area contributed by atoms with Crippen molar-refractivity contribution < 1.29 is 9.53 Å². The molecule has 4 rings (SSSR count). The van der Waals surface area contributed by atoms with Gasteiger partial charge in [0.05, 0.1) is 26.0 Å². The quantitative estimate of drug-likeness (QED) is 0.422. The molecular formula is C26H29N5O4. The summed E-state index contributed by atoms with van der Waals surface area (Å²) in [5.74, 6) is 0.201. The van der Waals surface area contributed by atoms with Crippen LogP contribution in [0, 0.1) is 6.92 Å². The Morgan fingerprint density at radius 2 is 1.86 bits per heavy atom. The zero-order valence-corrected chi connectivity index (χ0v) is 20.3. The van der Waals surface area contributed by atoms with Gasteiger partial charge in [-0.25, -0.2) is 14.3 Å². The third-order valence-electron chi connectivity index (χ3n) is 6.04. The van der Waals surface area contributed by atoms with Crippen LogP contribution >= 0.6 is 0 Å². The first-order chi connectivity index (χ1) is 16.8. The summed E-state index contributed by atoms with van der Waals surface area (Å²) in [6.45, 7) is 6.01. The Morgan fingerprint density at radius 3 is 2.54 bits per heavy atom. The molecule has 0 bridgehead atoms. The Hall–Kier alpha value is -4.14.